The Hall–Kier alpha value is -4.11. The van der Waals surface area contributed by atoms with Gasteiger partial charge in [-0.3, -0.25) is 24.2 Å². The smallest absolute Gasteiger partial charge is 0.335 e. The zero-order valence-electron chi connectivity index (χ0n) is 33.3. The number of amides is 1. The number of rotatable bonds is 24. The Morgan fingerprint density at radius 2 is 1.50 bits per heavy atom. The number of carboxylic acid groups (broad SMARTS) is 4. The van der Waals surface area contributed by atoms with Crippen LogP contribution in [0.1, 0.15) is 24.8 Å². The molecule has 10 atom stereocenters. The lowest BCUT2D eigenvalue weighted by Crippen LogP contribution is -2.62. The molecule has 23 nitrogen and oxygen atoms in total. The van der Waals surface area contributed by atoms with E-state index in [9.17, 15) is 75.0 Å². The zero-order valence-corrected chi connectivity index (χ0v) is 33.3. The summed E-state index contributed by atoms with van der Waals surface area (Å²) in [6.07, 6.45) is -18.0. The number of aliphatic hydroxyl groups is 6. The quantitative estimate of drug-likeness (QED) is 0.0433. The average molecular weight is 862 g/mol. The maximum Gasteiger partial charge on any atom is 0.335 e. The molecule has 2 aliphatic rings. The number of carbonyl (C=O) groups excluding carboxylic acids is 1. The number of nitrogens with one attached hydrogen (secondary N) is 2. The van der Waals surface area contributed by atoms with Gasteiger partial charge in [0.15, 0.2) is 18.5 Å². The summed E-state index contributed by atoms with van der Waals surface area (Å²) in [6, 6.07) is 6.13. The lowest BCUT2D eigenvalue weighted by molar-refractivity contribution is -0.319. The predicted molar refractivity (Wildman–Crippen MR) is 205 cm³/mol. The number of benzene rings is 1. The summed E-state index contributed by atoms with van der Waals surface area (Å²) >= 11 is 0. The number of aliphatic carboxylic acids is 4. The van der Waals surface area contributed by atoms with Crippen LogP contribution in [0.2, 0.25) is 0 Å². The molecule has 10 unspecified atom stereocenters. The summed E-state index contributed by atoms with van der Waals surface area (Å²) in [5.74, 6) is -5.37. The minimum atomic E-state index is -2.49. The van der Waals surface area contributed by atoms with E-state index in [1.807, 2.05) is 11.9 Å². The van der Waals surface area contributed by atoms with E-state index in [4.69, 9.17) is 14.2 Å². The monoisotopic (exact) mass is 861 g/mol. The SMILES string of the molecule is CN1CCN(CC(=O)O)CCN(C(CCC(=O)NCCCOc2ccc(CCNCC(O)C(O)C(OC3OC(C(=O)O)C(O)C(O)C3O)C(O)C(=O)O)cc2)C(=O)O)CC1. The van der Waals surface area contributed by atoms with Crippen molar-refractivity contribution in [1.29, 1.82) is 0 Å². The van der Waals surface area contributed by atoms with Gasteiger partial charge < -0.3 is 80.8 Å². The molecule has 2 aliphatic heterocycles. The first-order valence-electron chi connectivity index (χ1n) is 19.5. The fraction of sp³-hybridized carbons (Fsp3) is 0.703. The minimum Gasteiger partial charge on any atom is -0.494 e. The number of ether oxygens (including phenoxy) is 3. The third-order valence-electron chi connectivity index (χ3n) is 10.2. The van der Waals surface area contributed by atoms with Gasteiger partial charge in [-0.2, -0.15) is 0 Å². The second-order valence-corrected chi connectivity index (χ2v) is 14.7. The fourth-order valence-corrected chi connectivity index (χ4v) is 6.56. The van der Waals surface area contributed by atoms with Crippen LogP contribution in [0, 0.1) is 0 Å². The first-order valence-corrected chi connectivity index (χ1v) is 19.5. The van der Waals surface area contributed by atoms with Crippen molar-refractivity contribution in [3.8, 4) is 5.75 Å². The Kier molecular flexibility index (Phi) is 20.9. The van der Waals surface area contributed by atoms with Gasteiger partial charge in [-0.05, 0) is 50.6 Å². The van der Waals surface area contributed by atoms with E-state index in [2.05, 4.69) is 10.6 Å². The molecule has 1 amide bonds. The second-order valence-electron chi connectivity index (χ2n) is 14.7. The first-order chi connectivity index (χ1) is 28.4. The molecule has 1 aromatic rings. The van der Waals surface area contributed by atoms with Crippen LogP contribution in [0.4, 0.5) is 0 Å². The Morgan fingerprint density at radius 3 is 2.13 bits per heavy atom. The molecular formula is C37H59N5O18. The van der Waals surface area contributed by atoms with Crippen LogP contribution in [0.15, 0.2) is 24.3 Å². The highest BCUT2D eigenvalue weighted by Gasteiger charge is 2.50. The van der Waals surface area contributed by atoms with E-state index < -0.39 is 85.0 Å². The van der Waals surface area contributed by atoms with Gasteiger partial charge in [0.25, 0.3) is 0 Å². The molecule has 0 saturated carbocycles. The summed E-state index contributed by atoms with van der Waals surface area (Å²) < 4.78 is 15.9. The molecular weight excluding hydrogens is 802 g/mol. The van der Waals surface area contributed by atoms with Gasteiger partial charge in [0.05, 0.1) is 19.3 Å². The molecule has 0 radical (unpaired) electrons. The summed E-state index contributed by atoms with van der Waals surface area (Å²) in [5.41, 5.74) is 0.854. The van der Waals surface area contributed by atoms with E-state index in [-0.39, 0.29) is 45.0 Å². The van der Waals surface area contributed by atoms with Crippen molar-refractivity contribution >= 4 is 29.8 Å². The largest absolute Gasteiger partial charge is 0.494 e. The number of hydrogen-bond donors (Lipinski definition) is 12. The molecule has 60 heavy (non-hydrogen) atoms. The van der Waals surface area contributed by atoms with Crippen molar-refractivity contribution in [2.24, 2.45) is 0 Å². The summed E-state index contributed by atoms with van der Waals surface area (Å²) in [6.45, 7) is 3.41. The van der Waals surface area contributed by atoms with Crippen molar-refractivity contribution in [3.63, 3.8) is 0 Å². The van der Waals surface area contributed by atoms with Crippen molar-refractivity contribution in [3.05, 3.63) is 29.8 Å². The fourth-order valence-electron chi connectivity index (χ4n) is 6.56. The van der Waals surface area contributed by atoms with E-state index in [0.717, 1.165) is 5.56 Å². The lowest BCUT2D eigenvalue weighted by atomic mass is 9.98. The van der Waals surface area contributed by atoms with Gasteiger partial charge in [0.1, 0.15) is 42.3 Å². The van der Waals surface area contributed by atoms with Gasteiger partial charge in [-0.15, -0.1) is 0 Å². The summed E-state index contributed by atoms with van der Waals surface area (Å²) in [4.78, 5) is 64.5. The topological polar surface area (TPSA) is 349 Å². The van der Waals surface area contributed by atoms with Crippen LogP contribution >= 0.6 is 0 Å². The maximum absolute atomic E-state index is 12.6. The molecule has 340 valence electrons. The molecule has 3 rings (SSSR count). The van der Waals surface area contributed by atoms with Crippen molar-refractivity contribution in [2.75, 3.05) is 79.1 Å². The van der Waals surface area contributed by atoms with Crippen molar-refractivity contribution < 1.29 is 89.2 Å². The first kappa shape index (κ1) is 50.2. The van der Waals surface area contributed by atoms with Crippen LogP contribution in [0.5, 0.6) is 5.75 Å². The summed E-state index contributed by atoms with van der Waals surface area (Å²) in [7, 11) is 1.89. The number of likely N-dealkylation sites (N-methyl/N-ethyl adjacent to an activating group) is 1. The van der Waals surface area contributed by atoms with Crippen LogP contribution in [0.3, 0.4) is 0 Å². The number of carbonyl (C=O) groups is 5. The highest BCUT2D eigenvalue weighted by atomic mass is 16.7. The van der Waals surface area contributed by atoms with Crippen LogP contribution < -0.4 is 15.4 Å². The molecule has 0 aromatic heterocycles. The van der Waals surface area contributed by atoms with E-state index in [1.54, 1.807) is 34.1 Å². The molecule has 0 aliphatic carbocycles. The molecule has 2 saturated heterocycles. The second kappa shape index (κ2) is 25.0. The Labute approximate surface area is 345 Å². The highest BCUT2D eigenvalue weighted by Crippen LogP contribution is 2.25. The van der Waals surface area contributed by atoms with Gasteiger partial charge in [-0.1, -0.05) is 12.1 Å². The number of carboxylic acids is 4. The molecule has 1 aromatic carbocycles. The third-order valence-corrected chi connectivity index (χ3v) is 10.2. The Morgan fingerprint density at radius 1 is 0.850 bits per heavy atom. The maximum atomic E-state index is 12.6. The Bertz CT molecular complexity index is 1530. The lowest BCUT2D eigenvalue weighted by Gasteiger charge is -2.41. The number of aliphatic hydroxyl groups excluding tert-OH is 6. The van der Waals surface area contributed by atoms with Crippen LogP contribution in [-0.4, -0.2) is 236 Å². The summed E-state index contributed by atoms with van der Waals surface area (Å²) in [5, 5.41) is 105. The van der Waals surface area contributed by atoms with Gasteiger partial charge >= 0.3 is 23.9 Å². The zero-order chi connectivity index (χ0) is 44.5. The number of hydrogen-bond acceptors (Lipinski definition) is 18. The number of nitrogens with zero attached hydrogens (tertiary/aromatic N) is 3. The van der Waals surface area contributed by atoms with Crippen molar-refractivity contribution in [2.45, 2.75) is 86.8 Å². The molecule has 2 fully saturated rings. The molecule has 23 heteroatoms. The van der Waals surface area contributed by atoms with Gasteiger partial charge in [0, 0.05) is 58.8 Å². The van der Waals surface area contributed by atoms with Gasteiger partial charge in [-0.25, -0.2) is 9.59 Å². The molecule has 0 spiro atoms. The van der Waals surface area contributed by atoms with E-state index in [0.29, 0.717) is 64.4 Å². The molecule has 0 bridgehead atoms. The Balaban J connectivity index is 1.37. The normalized spacial score (nSPS) is 24.8. The minimum absolute atomic E-state index is 0.00273. The molecule has 2 heterocycles. The van der Waals surface area contributed by atoms with Crippen LogP contribution in [-0.2, 0) is 39.9 Å². The highest BCUT2D eigenvalue weighted by molar-refractivity contribution is 5.78. The van der Waals surface area contributed by atoms with Crippen LogP contribution in [0.25, 0.3) is 0 Å². The third kappa shape index (κ3) is 16.1. The average Bonchev–Trinajstić information content (AvgIpc) is 3.28. The van der Waals surface area contributed by atoms with Gasteiger partial charge in [0.2, 0.25) is 5.91 Å². The predicted octanol–water partition coefficient (Wildman–Crippen LogP) is -4.98. The van der Waals surface area contributed by atoms with E-state index in [1.165, 1.54) is 0 Å². The van der Waals surface area contributed by atoms with E-state index >= 15 is 0 Å². The van der Waals surface area contributed by atoms with Crippen molar-refractivity contribution in [1.82, 2.24) is 25.3 Å². The standard InChI is InChI=1S/C37H59N5O18/c1-40-12-14-41(20-26(45)46)15-17-42(16-13-40)23(34(52)53)7-8-25(44)39-10-2-18-58-22-5-3-21(4-6-22)9-11-38-19-24(43)27(47)32(31(51)35(54)55)59-37-30(50)28(48)29(49)33(60-37)36(56)57/h3-6,23-24,27-33,37-38,43,47-51H,2,7-20H2,1H3,(H,39,44)(H,45,46)(H,52,53)(H,54,55)(H,56,57). The molecule has 12 N–H and O–H groups in total.